The van der Waals surface area contributed by atoms with Crippen molar-refractivity contribution in [2.24, 2.45) is 0 Å². The summed E-state index contributed by atoms with van der Waals surface area (Å²) in [6.07, 6.45) is 3.16. The van der Waals surface area contributed by atoms with E-state index in [1.807, 2.05) is 25.2 Å². The molecule has 0 fully saturated rings. The third-order valence-electron chi connectivity index (χ3n) is 5.22. The van der Waals surface area contributed by atoms with Gasteiger partial charge in [0.1, 0.15) is 17.9 Å². The molecule has 3 heterocycles. The smallest absolute Gasteiger partial charge is 0.260 e. The standard InChI is InChI=1S/C20H19N5O2S/c1-25(9-15-21-13-7-3-2-5-11(13)18(26)22-15)10-16-23-19(27)17-12-6-4-8-14(12)28-20(17)24-16/h2-3,5,7H,4,6,8-10H2,1H3,(H,21,22,26)(H,23,24,27)/p+1. The van der Waals surface area contributed by atoms with E-state index in [1.165, 1.54) is 10.4 Å². The third kappa shape index (κ3) is 2.94. The van der Waals surface area contributed by atoms with Gasteiger partial charge >= 0.3 is 0 Å². The van der Waals surface area contributed by atoms with Gasteiger partial charge in [-0.15, -0.1) is 11.3 Å². The SMILES string of the molecule is C[NH+](Cc1nc2ccccc2c(=O)[nH]1)Cc1nc2sc3c(c2c(=O)[nH]1)CCC3. The highest BCUT2D eigenvalue weighted by atomic mass is 32.1. The molecule has 3 N–H and O–H groups in total. The first-order valence-corrected chi connectivity index (χ1v) is 10.2. The Labute approximate surface area is 164 Å². The van der Waals surface area contributed by atoms with E-state index in [0.29, 0.717) is 35.6 Å². The number of H-pyrrole nitrogens is 2. The first-order valence-electron chi connectivity index (χ1n) is 9.41. The van der Waals surface area contributed by atoms with Gasteiger partial charge in [0.15, 0.2) is 11.6 Å². The summed E-state index contributed by atoms with van der Waals surface area (Å²) in [6, 6.07) is 7.31. The van der Waals surface area contributed by atoms with E-state index in [-0.39, 0.29) is 11.1 Å². The normalized spacial score (nSPS) is 14.6. The second-order valence-electron chi connectivity index (χ2n) is 7.39. The Morgan fingerprint density at radius 3 is 2.64 bits per heavy atom. The lowest BCUT2D eigenvalue weighted by molar-refractivity contribution is -0.909. The Bertz CT molecular complexity index is 1320. The molecule has 7 nitrogen and oxygen atoms in total. The van der Waals surface area contributed by atoms with Gasteiger partial charge in [-0.25, -0.2) is 9.97 Å². The molecule has 0 saturated heterocycles. The van der Waals surface area contributed by atoms with Crippen LogP contribution >= 0.6 is 11.3 Å². The molecule has 0 saturated carbocycles. The molecule has 3 aromatic heterocycles. The summed E-state index contributed by atoms with van der Waals surface area (Å²) in [6.45, 7) is 1.08. The molecule has 1 aliphatic carbocycles. The lowest BCUT2D eigenvalue weighted by Crippen LogP contribution is -3.06. The molecule has 0 aliphatic heterocycles. The number of para-hydroxylation sites is 1. The molecule has 0 radical (unpaired) electrons. The van der Waals surface area contributed by atoms with Crippen LogP contribution in [0.15, 0.2) is 33.9 Å². The molecule has 142 valence electrons. The van der Waals surface area contributed by atoms with Gasteiger partial charge in [-0.05, 0) is 37.0 Å². The number of hydrogen-bond donors (Lipinski definition) is 3. The van der Waals surface area contributed by atoms with Crippen LogP contribution in [0.25, 0.3) is 21.1 Å². The van der Waals surface area contributed by atoms with E-state index < -0.39 is 0 Å². The summed E-state index contributed by atoms with van der Waals surface area (Å²) in [5.41, 5.74) is 1.72. The summed E-state index contributed by atoms with van der Waals surface area (Å²) >= 11 is 1.65. The van der Waals surface area contributed by atoms with Gasteiger partial charge in [0.25, 0.3) is 11.1 Å². The maximum Gasteiger partial charge on any atom is 0.260 e. The Balaban J connectivity index is 1.41. The molecule has 4 aromatic rings. The molecule has 8 heteroatoms. The number of nitrogens with zero attached hydrogens (tertiary/aromatic N) is 2. The van der Waals surface area contributed by atoms with Crippen LogP contribution in [0.4, 0.5) is 0 Å². The van der Waals surface area contributed by atoms with Gasteiger partial charge in [-0.1, -0.05) is 12.1 Å². The summed E-state index contributed by atoms with van der Waals surface area (Å²) in [4.78, 5) is 43.1. The zero-order valence-corrected chi connectivity index (χ0v) is 16.3. The number of quaternary nitrogens is 1. The van der Waals surface area contributed by atoms with Crippen LogP contribution < -0.4 is 16.0 Å². The fraction of sp³-hybridized carbons (Fsp3) is 0.300. The minimum atomic E-state index is -0.130. The van der Waals surface area contributed by atoms with Crippen LogP contribution in [0.3, 0.4) is 0 Å². The number of benzene rings is 1. The number of rotatable bonds is 4. The molecule has 0 spiro atoms. The van der Waals surface area contributed by atoms with Crippen molar-refractivity contribution in [1.29, 1.82) is 0 Å². The topological polar surface area (TPSA) is 95.9 Å². The highest BCUT2D eigenvalue weighted by Crippen LogP contribution is 2.34. The lowest BCUT2D eigenvalue weighted by atomic mass is 10.2. The van der Waals surface area contributed by atoms with Crippen molar-refractivity contribution >= 4 is 32.5 Å². The zero-order chi connectivity index (χ0) is 19.3. The predicted molar refractivity (Wildman–Crippen MR) is 109 cm³/mol. The molecule has 1 aromatic carbocycles. The molecule has 5 rings (SSSR count). The van der Waals surface area contributed by atoms with Crippen LogP contribution in [0.1, 0.15) is 28.5 Å². The number of nitrogens with one attached hydrogen (secondary N) is 3. The van der Waals surface area contributed by atoms with Crippen LogP contribution in [0.2, 0.25) is 0 Å². The van der Waals surface area contributed by atoms with E-state index in [4.69, 9.17) is 4.98 Å². The van der Waals surface area contributed by atoms with Crippen molar-refractivity contribution in [2.75, 3.05) is 7.05 Å². The maximum atomic E-state index is 12.6. The van der Waals surface area contributed by atoms with E-state index >= 15 is 0 Å². The van der Waals surface area contributed by atoms with Gasteiger partial charge in [0.2, 0.25) is 0 Å². The quantitative estimate of drug-likeness (QED) is 0.480. The average molecular weight is 394 g/mol. The Hall–Kier alpha value is -2.84. The van der Waals surface area contributed by atoms with Gasteiger partial charge in [-0.3, -0.25) is 9.59 Å². The molecular weight excluding hydrogens is 374 g/mol. The van der Waals surface area contributed by atoms with E-state index in [2.05, 4.69) is 15.0 Å². The molecule has 1 aliphatic rings. The summed E-state index contributed by atoms with van der Waals surface area (Å²) in [5.74, 6) is 1.29. The number of thiophene rings is 1. The van der Waals surface area contributed by atoms with Crippen molar-refractivity contribution in [2.45, 2.75) is 32.4 Å². The molecule has 1 unspecified atom stereocenters. The number of aryl methyl sites for hydroxylation is 2. The highest BCUT2D eigenvalue weighted by Gasteiger charge is 2.21. The fourth-order valence-electron chi connectivity index (χ4n) is 3.98. The largest absolute Gasteiger partial charge is 0.325 e. The summed E-state index contributed by atoms with van der Waals surface area (Å²) < 4.78 is 0. The Morgan fingerprint density at radius 2 is 1.79 bits per heavy atom. The van der Waals surface area contributed by atoms with Crippen LogP contribution in [-0.2, 0) is 25.9 Å². The van der Waals surface area contributed by atoms with Crippen LogP contribution in [0.5, 0.6) is 0 Å². The highest BCUT2D eigenvalue weighted by molar-refractivity contribution is 7.18. The maximum absolute atomic E-state index is 12.6. The average Bonchev–Trinajstić information content (AvgIpc) is 3.22. The minimum Gasteiger partial charge on any atom is -0.325 e. The first kappa shape index (κ1) is 17.3. The lowest BCUT2D eigenvalue weighted by Gasteiger charge is -2.13. The minimum absolute atomic E-state index is 0.0376. The molecule has 1 atom stereocenters. The van der Waals surface area contributed by atoms with Crippen molar-refractivity contribution in [3.63, 3.8) is 0 Å². The van der Waals surface area contributed by atoms with Crippen molar-refractivity contribution in [1.82, 2.24) is 19.9 Å². The molecule has 0 bridgehead atoms. The van der Waals surface area contributed by atoms with Gasteiger partial charge in [0, 0.05) is 4.88 Å². The van der Waals surface area contributed by atoms with Crippen LogP contribution in [0, 0.1) is 0 Å². The molecule has 28 heavy (non-hydrogen) atoms. The number of fused-ring (bicyclic) bond motifs is 4. The van der Waals surface area contributed by atoms with Crippen molar-refractivity contribution < 1.29 is 4.90 Å². The van der Waals surface area contributed by atoms with E-state index in [1.54, 1.807) is 17.4 Å². The van der Waals surface area contributed by atoms with E-state index in [0.717, 1.165) is 34.4 Å². The molecular formula is C20H20N5O2S+. The second kappa shape index (κ2) is 6.65. The first-order chi connectivity index (χ1) is 13.6. The fourth-order valence-corrected chi connectivity index (χ4v) is 5.26. The zero-order valence-electron chi connectivity index (χ0n) is 15.5. The number of hydrogen-bond acceptors (Lipinski definition) is 5. The number of aromatic amines is 2. The predicted octanol–water partition coefficient (Wildman–Crippen LogP) is 0.925. The van der Waals surface area contributed by atoms with Crippen molar-refractivity contribution in [3.8, 4) is 0 Å². The Kier molecular flexibility index (Phi) is 4.10. The molecule has 0 amide bonds. The van der Waals surface area contributed by atoms with Gasteiger partial charge in [0.05, 0.1) is 23.3 Å². The van der Waals surface area contributed by atoms with Gasteiger partial charge in [-0.2, -0.15) is 0 Å². The van der Waals surface area contributed by atoms with Crippen LogP contribution in [-0.4, -0.2) is 27.0 Å². The summed E-state index contributed by atoms with van der Waals surface area (Å²) in [5, 5.41) is 1.37. The van der Waals surface area contributed by atoms with Crippen molar-refractivity contribution in [3.05, 3.63) is 67.1 Å². The van der Waals surface area contributed by atoms with E-state index in [9.17, 15) is 9.59 Å². The Morgan fingerprint density at radius 1 is 1.04 bits per heavy atom. The summed E-state index contributed by atoms with van der Waals surface area (Å²) in [7, 11) is 1.99. The van der Waals surface area contributed by atoms with Gasteiger partial charge < -0.3 is 14.9 Å². The third-order valence-corrected chi connectivity index (χ3v) is 6.41. The monoisotopic (exact) mass is 394 g/mol. The second-order valence-corrected chi connectivity index (χ2v) is 8.47. The number of aromatic nitrogens is 4.